The van der Waals surface area contributed by atoms with Crippen molar-refractivity contribution < 1.29 is 29.0 Å². The van der Waals surface area contributed by atoms with Crippen LogP contribution < -0.4 is 5.32 Å². The van der Waals surface area contributed by atoms with E-state index in [0.717, 1.165) is 12.7 Å². The number of hydrogen-bond acceptors (Lipinski definition) is 5. The highest BCUT2D eigenvalue weighted by molar-refractivity contribution is 5.93. The molecule has 0 fully saturated rings. The van der Waals surface area contributed by atoms with E-state index in [2.05, 4.69) is 10.1 Å². The van der Waals surface area contributed by atoms with E-state index < -0.39 is 23.9 Å². The quantitative estimate of drug-likeness (QED) is 0.578. The largest absolute Gasteiger partial charge is 0.481 e. The first-order chi connectivity index (χ1) is 10.0. The Morgan fingerprint density at radius 1 is 1.24 bits per heavy atom. The minimum atomic E-state index is -1.30. The molecule has 1 rings (SSSR count). The zero-order chi connectivity index (χ0) is 15.7. The number of ether oxygens (including phenoxy) is 2. The Morgan fingerprint density at radius 2 is 1.90 bits per heavy atom. The Labute approximate surface area is 121 Å². The molecule has 0 aliphatic rings. The van der Waals surface area contributed by atoms with E-state index in [9.17, 15) is 14.4 Å². The number of rotatable bonds is 7. The van der Waals surface area contributed by atoms with Gasteiger partial charge in [0.05, 0.1) is 7.11 Å². The molecule has 0 aromatic heterocycles. The molecule has 7 nitrogen and oxygen atoms in total. The maximum Gasteiger partial charge on any atom is 0.407 e. The number of carbonyl (C=O) groups excluding carboxylic acids is 2. The van der Waals surface area contributed by atoms with E-state index in [1.54, 1.807) is 0 Å². The Kier molecular flexibility index (Phi) is 6.73. The minimum absolute atomic E-state index is 0.000308. The highest BCUT2D eigenvalue weighted by atomic mass is 16.5. The fraction of sp³-hybridized carbons (Fsp3) is 0.357. The van der Waals surface area contributed by atoms with Crippen LogP contribution >= 0.6 is 0 Å². The standard InChI is InChI=1S/C14H17NO6/c1-20-13(18)11(12(16)17)7-8-15-14(19)21-9-10-5-3-2-4-6-10/h2-6,11H,7-9H2,1H3,(H,15,19)(H,16,17)/t11-/m0/s1. The van der Waals surface area contributed by atoms with Crippen LogP contribution in [-0.2, 0) is 25.7 Å². The van der Waals surface area contributed by atoms with Crippen molar-refractivity contribution in [3.8, 4) is 0 Å². The van der Waals surface area contributed by atoms with Crippen molar-refractivity contribution >= 4 is 18.0 Å². The lowest BCUT2D eigenvalue weighted by molar-refractivity contribution is -0.156. The number of hydrogen-bond donors (Lipinski definition) is 2. The summed E-state index contributed by atoms with van der Waals surface area (Å²) in [6, 6.07) is 9.12. The van der Waals surface area contributed by atoms with E-state index >= 15 is 0 Å². The van der Waals surface area contributed by atoms with E-state index in [-0.39, 0.29) is 19.6 Å². The third-order valence-corrected chi connectivity index (χ3v) is 2.70. The number of carbonyl (C=O) groups is 3. The van der Waals surface area contributed by atoms with Gasteiger partial charge in [0.1, 0.15) is 6.61 Å². The SMILES string of the molecule is COC(=O)[C@@H](CCNC(=O)OCc1ccccc1)C(=O)O. The zero-order valence-electron chi connectivity index (χ0n) is 11.6. The number of nitrogens with one attached hydrogen (secondary N) is 1. The molecule has 0 unspecified atom stereocenters. The molecule has 0 aliphatic carbocycles. The predicted octanol–water partition coefficient (Wildman–Crippen LogP) is 1.18. The molecule has 1 aromatic rings. The maximum atomic E-state index is 11.4. The predicted molar refractivity (Wildman–Crippen MR) is 72.4 cm³/mol. The summed E-state index contributed by atoms with van der Waals surface area (Å²) < 4.78 is 9.32. The zero-order valence-corrected chi connectivity index (χ0v) is 11.6. The van der Waals surface area contributed by atoms with Crippen molar-refractivity contribution in [1.29, 1.82) is 0 Å². The molecule has 21 heavy (non-hydrogen) atoms. The van der Waals surface area contributed by atoms with Crippen LogP contribution in [0.3, 0.4) is 0 Å². The summed E-state index contributed by atoms with van der Waals surface area (Å²) in [4.78, 5) is 33.4. The Morgan fingerprint density at radius 3 is 2.48 bits per heavy atom. The van der Waals surface area contributed by atoms with Gasteiger partial charge in [-0.05, 0) is 12.0 Å². The molecule has 0 aliphatic heterocycles. The van der Waals surface area contributed by atoms with Gasteiger partial charge in [-0.3, -0.25) is 9.59 Å². The number of carboxylic acids is 1. The molecule has 0 radical (unpaired) electrons. The summed E-state index contributed by atoms with van der Waals surface area (Å²) >= 11 is 0. The second-order valence-electron chi connectivity index (χ2n) is 4.19. The van der Waals surface area contributed by atoms with E-state index in [1.165, 1.54) is 0 Å². The minimum Gasteiger partial charge on any atom is -0.481 e. The van der Waals surface area contributed by atoms with Crippen molar-refractivity contribution in [2.45, 2.75) is 13.0 Å². The van der Waals surface area contributed by atoms with Gasteiger partial charge in [-0.2, -0.15) is 0 Å². The van der Waals surface area contributed by atoms with Crippen LogP contribution in [0, 0.1) is 5.92 Å². The van der Waals surface area contributed by atoms with Crippen LogP contribution in [-0.4, -0.2) is 36.8 Å². The summed E-state index contributed by atoms with van der Waals surface area (Å²) in [7, 11) is 1.11. The average molecular weight is 295 g/mol. The van der Waals surface area contributed by atoms with Crippen LogP contribution in [0.4, 0.5) is 4.79 Å². The fourth-order valence-electron chi connectivity index (χ4n) is 1.58. The van der Waals surface area contributed by atoms with Crippen LogP contribution in [0.15, 0.2) is 30.3 Å². The summed E-state index contributed by atoms with van der Waals surface area (Å²) in [6.07, 6.45) is -0.740. The number of amides is 1. The number of benzene rings is 1. The number of carboxylic acid groups (broad SMARTS) is 1. The number of esters is 1. The summed E-state index contributed by atoms with van der Waals surface area (Å²) in [5.41, 5.74) is 0.839. The van der Waals surface area contributed by atoms with Crippen molar-refractivity contribution in [2.24, 2.45) is 5.92 Å². The normalized spacial score (nSPS) is 11.3. The van der Waals surface area contributed by atoms with Crippen LogP contribution in [0.2, 0.25) is 0 Å². The Bertz CT molecular complexity index is 487. The second kappa shape index (κ2) is 8.57. The molecule has 0 saturated heterocycles. The van der Waals surface area contributed by atoms with Gasteiger partial charge in [0, 0.05) is 6.54 Å². The maximum absolute atomic E-state index is 11.4. The molecule has 1 atom stereocenters. The number of methoxy groups -OCH3 is 1. The highest BCUT2D eigenvalue weighted by Crippen LogP contribution is 2.05. The molecule has 114 valence electrons. The molecular formula is C14H17NO6. The molecule has 7 heteroatoms. The summed E-state index contributed by atoms with van der Waals surface area (Å²) in [6.45, 7) is 0.117. The first kappa shape index (κ1) is 16.5. The van der Waals surface area contributed by atoms with Gasteiger partial charge in [-0.25, -0.2) is 4.79 Å². The van der Waals surface area contributed by atoms with E-state index in [1.807, 2.05) is 30.3 Å². The summed E-state index contributed by atoms with van der Waals surface area (Å²) in [5.74, 6) is -3.44. The Hall–Kier alpha value is -2.57. The number of aliphatic carboxylic acids is 1. The molecule has 1 amide bonds. The number of alkyl carbamates (subject to hydrolysis) is 1. The lowest BCUT2D eigenvalue weighted by atomic mass is 10.1. The first-order valence-electron chi connectivity index (χ1n) is 6.29. The second-order valence-corrected chi connectivity index (χ2v) is 4.19. The van der Waals surface area contributed by atoms with Crippen molar-refractivity contribution in [1.82, 2.24) is 5.32 Å². The monoisotopic (exact) mass is 295 g/mol. The van der Waals surface area contributed by atoms with Gasteiger partial charge in [0.25, 0.3) is 0 Å². The molecule has 1 aromatic carbocycles. The van der Waals surface area contributed by atoms with Crippen molar-refractivity contribution in [2.75, 3.05) is 13.7 Å². The van der Waals surface area contributed by atoms with Crippen molar-refractivity contribution in [3.63, 3.8) is 0 Å². The van der Waals surface area contributed by atoms with Gasteiger partial charge < -0.3 is 19.9 Å². The topological polar surface area (TPSA) is 102 Å². The van der Waals surface area contributed by atoms with Gasteiger partial charge >= 0.3 is 18.0 Å². The van der Waals surface area contributed by atoms with Gasteiger partial charge in [0.15, 0.2) is 5.92 Å². The van der Waals surface area contributed by atoms with Crippen LogP contribution in [0.25, 0.3) is 0 Å². The third-order valence-electron chi connectivity index (χ3n) is 2.70. The van der Waals surface area contributed by atoms with Crippen LogP contribution in [0.1, 0.15) is 12.0 Å². The lowest BCUT2D eigenvalue weighted by Crippen LogP contribution is -2.32. The van der Waals surface area contributed by atoms with E-state index in [0.29, 0.717) is 0 Å². The van der Waals surface area contributed by atoms with Gasteiger partial charge in [-0.1, -0.05) is 30.3 Å². The molecular weight excluding hydrogens is 278 g/mol. The van der Waals surface area contributed by atoms with E-state index in [4.69, 9.17) is 9.84 Å². The highest BCUT2D eigenvalue weighted by Gasteiger charge is 2.26. The molecule has 0 heterocycles. The Balaban J connectivity index is 2.29. The summed E-state index contributed by atoms with van der Waals surface area (Å²) in [5, 5.41) is 11.2. The van der Waals surface area contributed by atoms with Gasteiger partial charge in [-0.15, -0.1) is 0 Å². The molecule has 0 bridgehead atoms. The smallest absolute Gasteiger partial charge is 0.407 e. The molecule has 0 spiro atoms. The lowest BCUT2D eigenvalue weighted by Gasteiger charge is -2.11. The van der Waals surface area contributed by atoms with Gasteiger partial charge in [0.2, 0.25) is 0 Å². The molecule has 2 N–H and O–H groups in total. The third kappa shape index (κ3) is 5.94. The average Bonchev–Trinajstić information content (AvgIpc) is 2.49. The fourth-order valence-corrected chi connectivity index (χ4v) is 1.58. The van der Waals surface area contributed by atoms with Crippen molar-refractivity contribution in [3.05, 3.63) is 35.9 Å². The van der Waals surface area contributed by atoms with Crippen LogP contribution in [0.5, 0.6) is 0 Å². The first-order valence-corrected chi connectivity index (χ1v) is 6.29. The molecule has 0 saturated carbocycles.